The van der Waals surface area contributed by atoms with E-state index < -0.39 is 39.6 Å². The molecule has 2 aliphatic heterocycles. The highest BCUT2D eigenvalue weighted by molar-refractivity contribution is 7.93. The molecule has 0 bridgehead atoms. The van der Waals surface area contributed by atoms with E-state index in [0.29, 0.717) is 22.4 Å². The number of para-hydroxylation sites is 1. The van der Waals surface area contributed by atoms with Crippen LogP contribution < -0.4 is 9.62 Å². The van der Waals surface area contributed by atoms with E-state index in [1.165, 1.54) is 4.31 Å². The number of hydrogen-bond donors (Lipinski definition) is 1. The average molecular weight is 499 g/mol. The number of fused-ring (bicyclic) bond motifs is 3. The van der Waals surface area contributed by atoms with Crippen molar-refractivity contribution >= 4 is 27.6 Å². The third-order valence-corrected chi connectivity index (χ3v) is 8.67. The molecule has 8 nitrogen and oxygen atoms in total. The highest BCUT2D eigenvalue weighted by Crippen LogP contribution is 2.52. The Hall–Kier alpha value is -3.17. The molecule has 0 radical (unpaired) electrons. The van der Waals surface area contributed by atoms with Crippen molar-refractivity contribution in [1.29, 1.82) is 0 Å². The van der Waals surface area contributed by atoms with Gasteiger partial charge in [0.1, 0.15) is 0 Å². The Balaban J connectivity index is 1.94. The van der Waals surface area contributed by atoms with Crippen LogP contribution in [-0.4, -0.2) is 45.2 Å². The van der Waals surface area contributed by atoms with Gasteiger partial charge in [0.05, 0.1) is 35.9 Å². The minimum atomic E-state index is -4.12. The van der Waals surface area contributed by atoms with Gasteiger partial charge in [-0.05, 0) is 62.9 Å². The van der Waals surface area contributed by atoms with E-state index in [9.17, 15) is 18.0 Å². The van der Waals surface area contributed by atoms with E-state index in [1.807, 2.05) is 19.1 Å². The number of nitrogens with zero attached hydrogens (tertiary/aromatic N) is 1. The molecule has 1 fully saturated rings. The number of rotatable bonds is 6. The van der Waals surface area contributed by atoms with Gasteiger partial charge in [0.2, 0.25) is 5.54 Å². The summed E-state index contributed by atoms with van der Waals surface area (Å²) in [5, 5.41) is 3.08. The van der Waals surface area contributed by atoms with Gasteiger partial charge in [-0.15, -0.1) is 0 Å². The molecule has 2 aromatic rings. The van der Waals surface area contributed by atoms with Gasteiger partial charge in [-0.3, -0.25) is 9.62 Å². The zero-order valence-electron chi connectivity index (χ0n) is 20.5. The molecule has 1 saturated heterocycles. The quantitative estimate of drug-likeness (QED) is 0.371. The molecular weight excluding hydrogens is 468 g/mol. The highest BCUT2D eigenvalue weighted by Gasteiger charge is 2.65. The molecule has 2 aliphatic rings. The molecular formula is C26H30N2O6S. The Bertz CT molecular complexity index is 1290. The monoisotopic (exact) mass is 498 g/mol. The lowest BCUT2D eigenvalue weighted by Gasteiger charge is -2.31. The fraction of sp³-hybridized carbons (Fsp3) is 0.385. The van der Waals surface area contributed by atoms with Crippen LogP contribution in [0, 0.1) is 20.8 Å². The molecule has 2 atom stereocenters. The summed E-state index contributed by atoms with van der Waals surface area (Å²) in [7, 11) is -4.12. The lowest BCUT2D eigenvalue weighted by molar-refractivity contribution is -0.163. The van der Waals surface area contributed by atoms with Crippen LogP contribution in [0.2, 0.25) is 0 Å². The molecule has 4 rings (SSSR count). The highest BCUT2D eigenvalue weighted by atomic mass is 32.2. The molecule has 2 heterocycles. The predicted molar refractivity (Wildman–Crippen MR) is 132 cm³/mol. The summed E-state index contributed by atoms with van der Waals surface area (Å²) in [6.45, 7) is 12.8. The maximum absolute atomic E-state index is 14.3. The van der Waals surface area contributed by atoms with Gasteiger partial charge < -0.3 is 9.47 Å². The van der Waals surface area contributed by atoms with Crippen LogP contribution in [0.4, 0.5) is 5.69 Å². The number of carbonyl (C=O) groups excluding carboxylic acids is 2. The van der Waals surface area contributed by atoms with E-state index in [2.05, 4.69) is 11.9 Å². The van der Waals surface area contributed by atoms with Crippen LogP contribution in [-0.2, 0) is 29.1 Å². The van der Waals surface area contributed by atoms with Gasteiger partial charge in [-0.25, -0.2) is 18.0 Å². The second-order valence-electron chi connectivity index (χ2n) is 8.87. The van der Waals surface area contributed by atoms with E-state index in [0.717, 1.165) is 5.56 Å². The predicted octanol–water partition coefficient (Wildman–Crippen LogP) is 3.25. The van der Waals surface area contributed by atoms with Crippen molar-refractivity contribution in [2.75, 3.05) is 17.5 Å². The van der Waals surface area contributed by atoms with E-state index >= 15 is 0 Å². The number of hydrogen-bond acceptors (Lipinski definition) is 7. The van der Waals surface area contributed by atoms with Crippen molar-refractivity contribution in [2.24, 2.45) is 0 Å². The van der Waals surface area contributed by atoms with Gasteiger partial charge in [0.15, 0.2) is 0 Å². The third kappa shape index (κ3) is 3.56. The second-order valence-corrected chi connectivity index (χ2v) is 10.6. The number of anilines is 1. The lowest BCUT2D eigenvalue weighted by Crippen LogP contribution is -2.58. The Labute approximate surface area is 206 Å². The van der Waals surface area contributed by atoms with E-state index in [1.54, 1.807) is 52.0 Å². The zero-order chi connectivity index (χ0) is 25.7. The molecule has 35 heavy (non-hydrogen) atoms. The number of esters is 2. The summed E-state index contributed by atoms with van der Waals surface area (Å²) in [6, 6.07) is 9.04. The zero-order valence-corrected chi connectivity index (χ0v) is 21.4. The molecule has 1 N–H and O–H groups in total. The summed E-state index contributed by atoms with van der Waals surface area (Å²) in [5.41, 5.74) is 1.33. The third-order valence-electron chi connectivity index (χ3n) is 6.57. The number of sulfonamides is 1. The minimum absolute atomic E-state index is 0.0324. The van der Waals surface area contributed by atoms with Crippen molar-refractivity contribution < 1.29 is 27.5 Å². The number of nitrogens with one attached hydrogen (secondary N) is 1. The fourth-order valence-electron chi connectivity index (χ4n) is 5.35. The first kappa shape index (κ1) is 24.9. The second kappa shape index (κ2) is 8.80. The fourth-order valence-corrected chi connectivity index (χ4v) is 7.45. The summed E-state index contributed by atoms with van der Waals surface area (Å²) >= 11 is 0. The van der Waals surface area contributed by atoms with Crippen molar-refractivity contribution in [3.63, 3.8) is 0 Å². The Kier molecular flexibility index (Phi) is 6.27. The van der Waals surface area contributed by atoms with Crippen LogP contribution in [0.3, 0.4) is 0 Å². The lowest BCUT2D eigenvalue weighted by atomic mass is 9.90. The normalized spacial score (nSPS) is 20.4. The molecule has 0 spiro atoms. The first-order valence-corrected chi connectivity index (χ1v) is 13.0. The largest absolute Gasteiger partial charge is 0.464 e. The standard InChI is InChI=1S/C26H30N2O6S/c1-7-33-24(29)26(25(30)34-8-2)18(6)22-21(27-26)19-11-9-10-12-20(19)28(22)35(31,32)23-16(4)13-15(3)14-17(23)5/h9-14,21-22,27H,6-8H2,1-5H3/t21-,22-/m0/s1. The maximum atomic E-state index is 14.3. The van der Waals surface area contributed by atoms with Gasteiger partial charge in [-0.1, -0.05) is 42.5 Å². The van der Waals surface area contributed by atoms with Crippen molar-refractivity contribution in [3.05, 3.63) is 70.8 Å². The Morgan fingerprint density at radius 2 is 1.57 bits per heavy atom. The van der Waals surface area contributed by atoms with Crippen molar-refractivity contribution in [2.45, 2.75) is 57.1 Å². The van der Waals surface area contributed by atoms with Crippen molar-refractivity contribution in [3.8, 4) is 0 Å². The van der Waals surface area contributed by atoms with Crippen LogP contribution in [0.25, 0.3) is 0 Å². The molecule has 0 saturated carbocycles. The Morgan fingerprint density at radius 1 is 1.03 bits per heavy atom. The number of aryl methyl sites for hydroxylation is 3. The van der Waals surface area contributed by atoms with Crippen LogP contribution in [0.15, 0.2) is 53.4 Å². The van der Waals surface area contributed by atoms with Gasteiger partial charge in [0.25, 0.3) is 10.0 Å². The molecule has 186 valence electrons. The maximum Gasteiger partial charge on any atom is 0.342 e. The molecule has 0 amide bonds. The molecule has 2 aromatic carbocycles. The smallest absolute Gasteiger partial charge is 0.342 e. The first-order valence-electron chi connectivity index (χ1n) is 11.5. The summed E-state index contributed by atoms with van der Waals surface area (Å²) < 4.78 is 40.3. The van der Waals surface area contributed by atoms with Crippen LogP contribution >= 0.6 is 0 Å². The first-order chi connectivity index (χ1) is 16.5. The number of ether oxygens (including phenoxy) is 2. The Morgan fingerprint density at radius 3 is 2.11 bits per heavy atom. The number of benzene rings is 2. The van der Waals surface area contributed by atoms with Gasteiger partial charge >= 0.3 is 11.9 Å². The SMILES string of the molecule is C=C1[C@H]2[C@@H](NC1(C(=O)OCC)C(=O)OCC)c1ccccc1N2S(=O)(=O)c1c(C)cc(C)cc1C. The summed E-state index contributed by atoms with van der Waals surface area (Å²) in [6.07, 6.45) is 0. The van der Waals surface area contributed by atoms with E-state index in [-0.39, 0.29) is 23.7 Å². The van der Waals surface area contributed by atoms with E-state index in [4.69, 9.17) is 9.47 Å². The number of carbonyl (C=O) groups is 2. The van der Waals surface area contributed by atoms with Crippen molar-refractivity contribution in [1.82, 2.24) is 5.32 Å². The topological polar surface area (TPSA) is 102 Å². The van der Waals surface area contributed by atoms with Crippen LogP contribution in [0.1, 0.15) is 42.1 Å². The van der Waals surface area contributed by atoms with Gasteiger partial charge in [-0.2, -0.15) is 0 Å². The molecule has 0 unspecified atom stereocenters. The average Bonchev–Trinajstić information content (AvgIpc) is 3.26. The van der Waals surface area contributed by atoms with Crippen LogP contribution in [0.5, 0.6) is 0 Å². The minimum Gasteiger partial charge on any atom is -0.464 e. The molecule has 0 aromatic heterocycles. The molecule has 0 aliphatic carbocycles. The molecule has 9 heteroatoms. The summed E-state index contributed by atoms with van der Waals surface area (Å²) in [5.74, 6) is -1.73. The van der Waals surface area contributed by atoms with Gasteiger partial charge in [0, 0.05) is 0 Å². The summed E-state index contributed by atoms with van der Waals surface area (Å²) in [4.78, 5) is 26.6.